The summed E-state index contributed by atoms with van der Waals surface area (Å²) in [6.07, 6.45) is 4.24. The van der Waals surface area contributed by atoms with Gasteiger partial charge >= 0.3 is 0 Å². The minimum absolute atomic E-state index is 0.0292. The van der Waals surface area contributed by atoms with Crippen molar-refractivity contribution in [1.82, 2.24) is 10.1 Å². The van der Waals surface area contributed by atoms with E-state index in [9.17, 15) is 4.79 Å². The number of para-hydroxylation sites is 1. The third-order valence-corrected chi connectivity index (χ3v) is 5.72. The van der Waals surface area contributed by atoms with Crippen LogP contribution in [0.25, 0.3) is 0 Å². The quantitative estimate of drug-likeness (QED) is 0.654. The summed E-state index contributed by atoms with van der Waals surface area (Å²) in [6, 6.07) is 15.4. The van der Waals surface area contributed by atoms with Crippen LogP contribution in [0.15, 0.2) is 53.1 Å². The number of rotatable bonds is 5. The molecule has 4 rings (SSSR count). The molecule has 144 valence electrons. The monoisotopic (exact) mass is 395 g/mol. The van der Waals surface area contributed by atoms with Crippen LogP contribution < -0.4 is 5.32 Å². The van der Waals surface area contributed by atoms with Crippen molar-refractivity contribution >= 4 is 23.2 Å². The zero-order valence-electron chi connectivity index (χ0n) is 15.7. The average Bonchev–Trinajstić information content (AvgIpc) is 3.34. The third-order valence-electron chi connectivity index (χ3n) is 5.47. The van der Waals surface area contributed by atoms with Gasteiger partial charge in [0.15, 0.2) is 5.82 Å². The summed E-state index contributed by atoms with van der Waals surface area (Å²) in [5.74, 6) is 1.16. The molecule has 1 aliphatic carbocycles. The molecule has 5 nitrogen and oxygen atoms in total. The summed E-state index contributed by atoms with van der Waals surface area (Å²) in [4.78, 5) is 17.7. The minimum atomic E-state index is -0.515. The van der Waals surface area contributed by atoms with Crippen LogP contribution in [0.3, 0.4) is 0 Å². The van der Waals surface area contributed by atoms with Crippen molar-refractivity contribution in [1.29, 1.82) is 0 Å². The molecule has 0 aliphatic heterocycles. The van der Waals surface area contributed by atoms with E-state index in [1.165, 1.54) is 0 Å². The molecular formula is C22H22ClN3O2. The fourth-order valence-electron chi connectivity index (χ4n) is 4.01. The van der Waals surface area contributed by atoms with Gasteiger partial charge in [-0.1, -0.05) is 59.9 Å². The molecule has 0 unspecified atom stereocenters. The summed E-state index contributed by atoms with van der Waals surface area (Å²) in [7, 11) is 0. The van der Waals surface area contributed by atoms with Gasteiger partial charge in [0.2, 0.25) is 11.8 Å². The predicted octanol–water partition coefficient (Wildman–Crippen LogP) is 5.07. The smallest absolute Gasteiger partial charge is 0.235 e. The van der Waals surface area contributed by atoms with Gasteiger partial charge in [0.1, 0.15) is 0 Å². The number of amides is 1. The van der Waals surface area contributed by atoms with Crippen molar-refractivity contribution in [3.8, 4) is 0 Å². The number of aromatic nitrogens is 2. The van der Waals surface area contributed by atoms with Crippen LogP contribution in [0.2, 0.25) is 5.02 Å². The van der Waals surface area contributed by atoms with Crippen LogP contribution in [0.5, 0.6) is 0 Å². The molecule has 0 radical (unpaired) electrons. The second kappa shape index (κ2) is 7.76. The number of carbonyl (C=O) groups excluding carboxylic acids is 1. The van der Waals surface area contributed by atoms with Crippen LogP contribution in [-0.4, -0.2) is 16.0 Å². The fraction of sp³-hybridized carbons (Fsp3) is 0.318. The summed E-state index contributed by atoms with van der Waals surface area (Å²) in [6.45, 7) is 1.79. The molecule has 1 N–H and O–H groups in total. The lowest BCUT2D eigenvalue weighted by molar-refractivity contribution is -0.121. The predicted molar refractivity (Wildman–Crippen MR) is 109 cm³/mol. The first-order valence-electron chi connectivity index (χ1n) is 9.51. The van der Waals surface area contributed by atoms with E-state index in [0.717, 1.165) is 42.5 Å². The fourth-order valence-corrected chi connectivity index (χ4v) is 4.13. The molecule has 3 aromatic rings. The Balaban J connectivity index is 1.61. The van der Waals surface area contributed by atoms with Crippen LogP contribution in [0, 0.1) is 6.92 Å². The SMILES string of the molecule is Cc1noc(Cc2ccccc2NC(=O)C2(c3ccc(Cl)cc3)CCCC2)n1. The van der Waals surface area contributed by atoms with E-state index in [4.69, 9.17) is 16.1 Å². The van der Waals surface area contributed by atoms with Crippen LogP contribution in [0.1, 0.15) is 48.5 Å². The minimum Gasteiger partial charge on any atom is -0.339 e. The van der Waals surface area contributed by atoms with Crippen molar-refractivity contribution in [2.75, 3.05) is 5.32 Å². The van der Waals surface area contributed by atoms with Gasteiger partial charge in [-0.3, -0.25) is 4.79 Å². The highest BCUT2D eigenvalue weighted by atomic mass is 35.5. The topological polar surface area (TPSA) is 68.0 Å². The molecule has 1 heterocycles. The first-order valence-corrected chi connectivity index (χ1v) is 9.89. The number of halogens is 1. The van der Waals surface area contributed by atoms with E-state index in [1.54, 1.807) is 6.92 Å². The Morgan fingerprint density at radius 1 is 1.14 bits per heavy atom. The number of anilines is 1. The number of carbonyl (C=O) groups is 1. The molecule has 0 spiro atoms. The number of nitrogens with one attached hydrogen (secondary N) is 1. The Kier molecular flexibility index (Phi) is 5.18. The molecule has 1 amide bonds. The van der Waals surface area contributed by atoms with Gasteiger partial charge in [-0.25, -0.2) is 0 Å². The molecule has 0 saturated heterocycles. The van der Waals surface area contributed by atoms with E-state index >= 15 is 0 Å². The van der Waals surface area contributed by atoms with E-state index in [2.05, 4.69) is 15.5 Å². The lowest BCUT2D eigenvalue weighted by atomic mass is 9.78. The highest BCUT2D eigenvalue weighted by molar-refractivity contribution is 6.30. The van der Waals surface area contributed by atoms with Crippen LogP contribution in [-0.2, 0) is 16.6 Å². The Bertz CT molecular complexity index is 975. The molecule has 1 aliphatic rings. The number of benzene rings is 2. The summed E-state index contributed by atoms with van der Waals surface area (Å²) in [5, 5.41) is 7.69. The molecule has 1 aromatic heterocycles. The maximum Gasteiger partial charge on any atom is 0.235 e. The Labute approximate surface area is 169 Å². The Hall–Kier alpha value is -2.66. The molecule has 6 heteroatoms. The van der Waals surface area contributed by atoms with Crippen molar-refractivity contribution in [3.05, 3.63) is 76.4 Å². The van der Waals surface area contributed by atoms with Gasteiger partial charge in [-0.15, -0.1) is 0 Å². The van der Waals surface area contributed by atoms with E-state index in [-0.39, 0.29) is 5.91 Å². The van der Waals surface area contributed by atoms with Gasteiger partial charge in [-0.05, 0) is 49.1 Å². The first-order chi connectivity index (χ1) is 13.6. The highest BCUT2D eigenvalue weighted by Gasteiger charge is 2.42. The normalized spacial score (nSPS) is 15.5. The summed E-state index contributed by atoms with van der Waals surface area (Å²) in [5.41, 5.74) is 2.24. The van der Waals surface area contributed by atoms with Crippen LogP contribution in [0.4, 0.5) is 5.69 Å². The van der Waals surface area contributed by atoms with E-state index < -0.39 is 5.41 Å². The number of nitrogens with zero attached hydrogens (tertiary/aromatic N) is 2. The Morgan fingerprint density at radius 3 is 2.54 bits per heavy atom. The van der Waals surface area contributed by atoms with Crippen molar-refractivity contribution in [3.63, 3.8) is 0 Å². The molecule has 0 atom stereocenters. The second-order valence-corrected chi connectivity index (χ2v) is 7.76. The third kappa shape index (κ3) is 3.67. The van der Waals surface area contributed by atoms with Crippen molar-refractivity contribution < 1.29 is 9.32 Å². The summed E-state index contributed by atoms with van der Waals surface area (Å²) >= 11 is 6.05. The second-order valence-electron chi connectivity index (χ2n) is 7.32. The summed E-state index contributed by atoms with van der Waals surface area (Å²) < 4.78 is 5.24. The lowest BCUT2D eigenvalue weighted by Crippen LogP contribution is -2.38. The lowest BCUT2D eigenvalue weighted by Gasteiger charge is -2.29. The number of hydrogen-bond donors (Lipinski definition) is 1. The zero-order valence-corrected chi connectivity index (χ0v) is 16.5. The Morgan fingerprint density at radius 2 is 1.86 bits per heavy atom. The van der Waals surface area contributed by atoms with Gasteiger partial charge in [0.05, 0.1) is 11.8 Å². The van der Waals surface area contributed by atoms with Crippen molar-refractivity contribution in [2.45, 2.75) is 44.4 Å². The molecule has 28 heavy (non-hydrogen) atoms. The van der Waals surface area contributed by atoms with Gasteiger partial charge in [0.25, 0.3) is 0 Å². The standard InChI is InChI=1S/C22H22ClN3O2/c1-15-24-20(28-26-15)14-16-6-2-3-7-19(16)25-21(27)22(12-4-5-13-22)17-8-10-18(23)11-9-17/h2-3,6-11H,4-5,12-14H2,1H3,(H,25,27). The highest BCUT2D eigenvalue weighted by Crippen LogP contribution is 2.42. The first kappa shape index (κ1) is 18.7. The molecule has 1 fully saturated rings. The van der Waals surface area contributed by atoms with E-state index in [0.29, 0.717) is 23.2 Å². The average molecular weight is 396 g/mol. The molecule has 2 aromatic carbocycles. The maximum atomic E-state index is 13.4. The van der Waals surface area contributed by atoms with Crippen LogP contribution >= 0.6 is 11.6 Å². The number of hydrogen-bond acceptors (Lipinski definition) is 4. The largest absolute Gasteiger partial charge is 0.339 e. The van der Waals surface area contributed by atoms with Crippen molar-refractivity contribution in [2.24, 2.45) is 0 Å². The maximum absolute atomic E-state index is 13.4. The molecule has 0 bridgehead atoms. The number of aryl methyl sites for hydroxylation is 1. The molecular weight excluding hydrogens is 374 g/mol. The molecule has 1 saturated carbocycles. The van der Waals surface area contributed by atoms with Gasteiger partial charge in [0, 0.05) is 10.7 Å². The van der Waals surface area contributed by atoms with Gasteiger partial charge in [-0.2, -0.15) is 4.98 Å². The van der Waals surface area contributed by atoms with Gasteiger partial charge < -0.3 is 9.84 Å². The van der Waals surface area contributed by atoms with E-state index in [1.807, 2.05) is 48.5 Å². The zero-order chi connectivity index (χ0) is 19.6.